The molecule has 0 bridgehead atoms. The molecule has 0 saturated carbocycles. The maximum absolute atomic E-state index is 4.64. The van der Waals surface area contributed by atoms with E-state index in [1.54, 1.807) is 0 Å². The van der Waals surface area contributed by atoms with Crippen LogP contribution in [0, 0.1) is 0 Å². The number of benzene rings is 3. The molecule has 1 heterocycles. The highest BCUT2D eigenvalue weighted by atomic mass is 15.1. The van der Waals surface area contributed by atoms with Crippen molar-refractivity contribution in [3.8, 4) is 11.1 Å². The summed E-state index contributed by atoms with van der Waals surface area (Å²) in [4.78, 5) is 6.77. The quantitative estimate of drug-likeness (QED) is 0.477. The molecule has 3 aromatic carbocycles. The van der Waals surface area contributed by atoms with E-state index in [0.29, 0.717) is 0 Å². The lowest BCUT2D eigenvalue weighted by molar-refractivity contribution is 1.13. The van der Waals surface area contributed by atoms with Crippen LogP contribution in [0.5, 0.6) is 0 Å². The minimum absolute atomic E-state index is 1.07. The van der Waals surface area contributed by atoms with Crippen LogP contribution in [0.1, 0.15) is 0 Å². The summed E-state index contributed by atoms with van der Waals surface area (Å²) >= 11 is 0. The maximum Gasteiger partial charge on any atom is 0.0786 e. The monoisotopic (exact) mass is 298 g/mol. The summed E-state index contributed by atoms with van der Waals surface area (Å²) in [7, 11) is 4.14. The first-order valence-corrected chi connectivity index (χ1v) is 7.78. The van der Waals surface area contributed by atoms with Crippen molar-refractivity contribution in [2.24, 2.45) is 0 Å². The van der Waals surface area contributed by atoms with Gasteiger partial charge in [0.15, 0.2) is 0 Å². The van der Waals surface area contributed by atoms with Crippen LogP contribution in [0.4, 0.5) is 5.69 Å². The Bertz CT molecular complexity index is 1000. The first-order valence-electron chi connectivity index (χ1n) is 7.78. The molecule has 0 fully saturated rings. The van der Waals surface area contributed by atoms with Crippen LogP contribution in [-0.2, 0) is 0 Å². The van der Waals surface area contributed by atoms with Gasteiger partial charge in [-0.1, -0.05) is 48.5 Å². The van der Waals surface area contributed by atoms with Crippen LogP contribution in [0.2, 0.25) is 0 Å². The summed E-state index contributed by atoms with van der Waals surface area (Å²) in [6.45, 7) is 0. The first kappa shape index (κ1) is 13.8. The summed E-state index contributed by atoms with van der Waals surface area (Å²) in [5, 5.41) is 3.63. The number of anilines is 1. The minimum atomic E-state index is 1.07. The number of hydrogen-bond donors (Lipinski definition) is 0. The van der Waals surface area contributed by atoms with Gasteiger partial charge in [-0.05, 0) is 34.7 Å². The lowest BCUT2D eigenvalue weighted by Crippen LogP contribution is -2.08. The zero-order valence-corrected chi connectivity index (χ0v) is 13.3. The van der Waals surface area contributed by atoms with E-state index in [1.165, 1.54) is 33.0 Å². The van der Waals surface area contributed by atoms with Crippen LogP contribution < -0.4 is 4.90 Å². The Labute approximate surface area is 136 Å². The van der Waals surface area contributed by atoms with Gasteiger partial charge in [-0.2, -0.15) is 0 Å². The predicted molar refractivity (Wildman–Crippen MR) is 99.0 cm³/mol. The van der Waals surface area contributed by atoms with E-state index in [0.717, 1.165) is 5.52 Å². The van der Waals surface area contributed by atoms with Gasteiger partial charge in [-0.3, -0.25) is 4.98 Å². The van der Waals surface area contributed by atoms with E-state index < -0.39 is 0 Å². The van der Waals surface area contributed by atoms with Crippen LogP contribution >= 0.6 is 0 Å². The highest BCUT2D eigenvalue weighted by molar-refractivity contribution is 6.12. The molecule has 2 nitrogen and oxygen atoms in total. The van der Waals surface area contributed by atoms with Crippen molar-refractivity contribution in [2.75, 3.05) is 19.0 Å². The third-order valence-corrected chi connectivity index (χ3v) is 4.29. The van der Waals surface area contributed by atoms with E-state index in [2.05, 4.69) is 84.6 Å². The SMILES string of the molecule is CN(C)c1cccc(-c2cccc3ccc4cccnc4c23)c1. The molecule has 112 valence electrons. The van der Waals surface area contributed by atoms with Gasteiger partial charge in [0.1, 0.15) is 0 Å². The topological polar surface area (TPSA) is 16.1 Å². The first-order chi connectivity index (χ1) is 11.2. The summed E-state index contributed by atoms with van der Waals surface area (Å²) in [6.07, 6.45) is 1.87. The van der Waals surface area contributed by atoms with Crippen molar-refractivity contribution in [1.29, 1.82) is 0 Å². The van der Waals surface area contributed by atoms with Gasteiger partial charge >= 0.3 is 0 Å². The van der Waals surface area contributed by atoms with Crippen molar-refractivity contribution in [3.63, 3.8) is 0 Å². The fourth-order valence-corrected chi connectivity index (χ4v) is 3.11. The summed E-state index contributed by atoms with van der Waals surface area (Å²) in [5.74, 6) is 0. The second-order valence-corrected chi connectivity index (χ2v) is 5.99. The number of hydrogen-bond acceptors (Lipinski definition) is 2. The second-order valence-electron chi connectivity index (χ2n) is 5.99. The lowest BCUT2D eigenvalue weighted by Gasteiger charge is -2.15. The molecule has 0 spiro atoms. The second kappa shape index (κ2) is 5.40. The Morgan fingerprint density at radius 2 is 1.57 bits per heavy atom. The third kappa shape index (κ3) is 2.33. The van der Waals surface area contributed by atoms with Gasteiger partial charge in [-0.15, -0.1) is 0 Å². The Morgan fingerprint density at radius 3 is 2.43 bits per heavy atom. The van der Waals surface area contributed by atoms with Crippen LogP contribution in [0.15, 0.2) is 72.9 Å². The largest absolute Gasteiger partial charge is 0.378 e. The molecular formula is C21H18N2. The molecule has 23 heavy (non-hydrogen) atoms. The molecule has 2 heteroatoms. The summed E-state index contributed by atoms with van der Waals surface area (Å²) < 4.78 is 0. The van der Waals surface area contributed by atoms with Gasteiger partial charge in [0.2, 0.25) is 0 Å². The van der Waals surface area contributed by atoms with Gasteiger partial charge < -0.3 is 4.90 Å². The van der Waals surface area contributed by atoms with Gasteiger partial charge in [0, 0.05) is 36.8 Å². The van der Waals surface area contributed by atoms with Crippen molar-refractivity contribution in [3.05, 3.63) is 72.9 Å². The predicted octanol–water partition coefficient (Wildman–Crippen LogP) is 5.12. The highest BCUT2D eigenvalue weighted by Crippen LogP contribution is 2.34. The van der Waals surface area contributed by atoms with E-state index >= 15 is 0 Å². The Balaban J connectivity index is 2.07. The molecule has 0 aliphatic carbocycles. The Morgan fingerprint density at radius 1 is 0.783 bits per heavy atom. The zero-order valence-electron chi connectivity index (χ0n) is 13.3. The van der Waals surface area contributed by atoms with Crippen molar-refractivity contribution < 1.29 is 0 Å². The fraction of sp³-hybridized carbons (Fsp3) is 0.0952. The Hall–Kier alpha value is -2.87. The van der Waals surface area contributed by atoms with Crippen LogP contribution in [0.25, 0.3) is 32.8 Å². The molecule has 0 saturated heterocycles. The summed E-state index contributed by atoms with van der Waals surface area (Å²) in [5.41, 5.74) is 4.72. The molecule has 0 amide bonds. The lowest BCUT2D eigenvalue weighted by atomic mass is 9.96. The molecule has 4 aromatic rings. The van der Waals surface area contributed by atoms with Crippen LogP contribution in [0.3, 0.4) is 0 Å². The Kier molecular flexibility index (Phi) is 3.23. The van der Waals surface area contributed by atoms with Gasteiger partial charge in [-0.25, -0.2) is 0 Å². The average molecular weight is 298 g/mol. The average Bonchev–Trinajstić information content (AvgIpc) is 2.61. The molecule has 0 aliphatic heterocycles. The number of nitrogens with zero attached hydrogens (tertiary/aromatic N) is 2. The minimum Gasteiger partial charge on any atom is -0.378 e. The number of aromatic nitrogens is 1. The van der Waals surface area contributed by atoms with Crippen molar-refractivity contribution in [2.45, 2.75) is 0 Å². The standard InChI is InChI=1S/C21H18N2/c1-23(2)18-9-3-7-17(14-18)19-10-4-6-15-11-12-16-8-5-13-22-21(16)20(15)19/h3-14H,1-2H3. The number of pyridine rings is 1. The van der Waals surface area contributed by atoms with E-state index in [1.807, 2.05) is 12.3 Å². The molecule has 0 radical (unpaired) electrons. The van der Waals surface area contributed by atoms with Gasteiger partial charge in [0.25, 0.3) is 0 Å². The third-order valence-electron chi connectivity index (χ3n) is 4.29. The molecule has 0 N–H and O–H groups in total. The molecule has 0 unspecified atom stereocenters. The molecular weight excluding hydrogens is 280 g/mol. The van der Waals surface area contributed by atoms with E-state index in [-0.39, 0.29) is 0 Å². The maximum atomic E-state index is 4.64. The van der Waals surface area contributed by atoms with Crippen LogP contribution in [-0.4, -0.2) is 19.1 Å². The number of fused-ring (bicyclic) bond motifs is 3. The summed E-state index contributed by atoms with van der Waals surface area (Å²) in [6, 6.07) is 23.5. The van der Waals surface area contributed by atoms with E-state index in [9.17, 15) is 0 Å². The zero-order chi connectivity index (χ0) is 15.8. The van der Waals surface area contributed by atoms with Gasteiger partial charge in [0.05, 0.1) is 5.52 Å². The smallest absolute Gasteiger partial charge is 0.0786 e. The highest BCUT2D eigenvalue weighted by Gasteiger charge is 2.09. The molecule has 4 rings (SSSR count). The molecule has 0 atom stereocenters. The fourth-order valence-electron chi connectivity index (χ4n) is 3.11. The molecule has 1 aromatic heterocycles. The van der Waals surface area contributed by atoms with Crippen molar-refractivity contribution >= 4 is 27.4 Å². The molecule has 0 aliphatic rings. The normalized spacial score (nSPS) is 11.0. The van der Waals surface area contributed by atoms with Crippen molar-refractivity contribution in [1.82, 2.24) is 4.98 Å². The van der Waals surface area contributed by atoms with E-state index in [4.69, 9.17) is 0 Å². The number of rotatable bonds is 2.